The number of carbonyl (C=O) groups excluding carboxylic acids is 1. The Hall–Kier alpha value is -2.17. The molecule has 0 saturated carbocycles. The Balaban J connectivity index is 2.08. The third-order valence-electron chi connectivity index (χ3n) is 3.69. The topological polar surface area (TPSA) is 52.1 Å². The smallest absolute Gasteiger partial charge is 0.306 e. The van der Waals surface area contributed by atoms with Crippen molar-refractivity contribution in [3.8, 4) is 11.3 Å². The van der Waals surface area contributed by atoms with E-state index in [0.717, 1.165) is 16.5 Å². The highest BCUT2D eigenvalue weighted by Crippen LogP contribution is 2.32. The Morgan fingerprint density at radius 2 is 1.92 bits per heavy atom. The first-order valence-corrected chi connectivity index (χ1v) is 8.70. The highest BCUT2D eigenvalue weighted by Gasteiger charge is 2.14. The van der Waals surface area contributed by atoms with Crippen molar-refractivity contribution in [2.45, 2.75) is 19.8 Å². The first-order chi connectivity index (χ1) is 12.1. The van der Waals surface area contributed by atoms with E-state index in [4.69, 9.17) is 27.9 Å². The van der Waals surface area contributed by atoms with Crippen LogP contribution in [0.25, 0.3) is 22.2 Å². The van der Waals surface area contributed by atoms with Crippen LogP contribution in [0.3, 0.4) is 0 Å². The molecule has 0 unspecified atom stereocenters. The summed E-state index contributed by atoms with van der Waals surface area (Å²) >= 11 is 12.5. The van der Waals surface area contributed by atoms with Crippen LogP contribution in [0.1, 0.15) is 19.2 Å². The van der Waals surface area contributed by atoms with Gasteiger partial charge in [0, 0.05) is 27.4 Å². The highest BCUT2D eigenvalue weighted by molar-refractivity contribution is 6.34. The van der Waals surface area contributed by atoms with E-state index >= 15 is 0 Å². The highest BCUT2D eigenvalue weighted by atomic mass is 35.5. The summed E-state index contributed by atoms with van der Waals surface area (Å²) in [6, 6.07) is 12.9. The summed E-state index contributed by atoms with van der Waals surface area (Å²) in [7, 11) is 0. The van der Waals surface area contributed by atoms with Crippen molar-refractivity contribution in [1.82, 2.24) is 9.97 Å². The van der Waals surface area contributed by atoms with Crippen LogP contribution in [0.4, 0.5) is 0 Å². The molecule has 3 rings (SSSR count). The average Bonchev–Trinajstić information content (AvgIpc) is 2.60. The van der Waals surface area contributed by atoms with Crippen molar-refractivity contribution in [2.24, 2.45) is 0 Å². The minimum Gasteiger partial charge on any atom is -0.466 e. The van der Waals surface area contributed by atoms with E-state index in [1.165, 1.54) is 0 Å². The second kappa shape index (κ2) is 7.81. The molecular formula is C19H16Cl2N2O2. The Morgan fingerprint density at radius 1 is 1.12 bits per heavy atom. The largest absolute Gasteiger partial charge is 0.466 e. The van der Waals surface area contributed by atoms with Gasteiger partial charge in [-0.3, -0.25) is 4.79 Å². The predicted octanol–water partition coefficient (Wildman–Crippen LogP) is 5.10. The Labute approximate surface area is 155 Å². The molecule has 0 atom stereocenters. The van der Waals surface area contributed by atoms with Crippen LogP contribution in [0.15, 0.2) is 42.5 Å². The molecule has 128 valence electrons. The molecule has 0 fully saturated rings. The van der Waals surface area contributed by atoms with Crippen LogP contribution in [-0.2, 0) is 16.0 Å². The molecule has 0 radical (unpaired) electrons. The number of nitrogens with zero attached hydrogens (tertiary/aromatic N) is 2. The lowest BCUT2D eigenvalue weighted by Gasteiger charge is -2.10. The van der Waals surface area contributed by atoms with Crippen molar-refractivity contribution < 1.29 is 9.53 Å². The number of aromatic nitrogens is 2. The molecule has 1 heterocycles. The zero-order valence-corrected chi connectivity index (χ0v) is 15.1. The summed E-state index contributed by atoms with van der Waals surface area (Å²) in [5.74, 6) is 0.305. The van der Waals surface area contributed by atoms with Crippen LogP contribution in [0, 0.1) is 0 Å². The van der Waals surface area contributed by atoms with E-state index in [9.17, 15) is 4.79 Å². The summed E-state index contributed by atoms with van der Waals surface area (Å²) in [4.78, 5) is 20.8. The van der Waals surface area contributed by atoms with Gasteiger partial charge < -0.3 is 4.74 Å². The lowest BCUT2D eigenvalue weighted by atomic mass is 10.1. The zero-order chi connectivity index (χ0) is 17.8. The van der Waals surface area contributed by atoms with Crippen molar-refractivity contribution in [1.29, 1.82) is 0 Å². The van der Waals surface area contributed by atoms with Crippen LogP contribution in [0.5, 0.6) is 0 Å². The van der Waals surface area contributed by atoms with Crippen molar-refractivity contribution in [2.75, 3.05) is 6.61 Å². The molecule has 0 saturated heterocycles. The fourth-order valence-corrected chi connectivity index (χ4v) is 2.96. The number of ether oxygens (including phenoxy) is 1. The third-order valence-corrected chi connectivity index (χ3v) is 4.26. The van der Waals surface area contributed by atoms with Crippen LogP contribution < -0.4 is 0 Å². The molecule has 6 heteroatoms. The van der Waals surface area contributed by atoms with Crippen molar-refractivity contribution in [3.05, 3.63) is 58.3 Å². The molecule has 2 aromatic carbocycles. The van der Waals surface area contributed by atoms with Crippen molar-refractivity contribution in [3.63, 3.8) is 0 Å². The van der Waals surface area contributed by atoms with E-state index in [2.05, 4.69) is 9.97 Å². The molecule has 1 aromatic heterocycles. The minimum absolute atomic E-state index is 0.231. The quantitative estimate of drug-likeness (QED) is 0.583. The van der Waals surface area contributed by atoms with Gasteiger partial charge in [-0.1, -0.05) is 41.4 Å². The fourth-order valence-electron chi connectivity index (χ4n) is 2.57. The number of carbonyl (C=O) groups is 1. The zero-order valence-electron chi connectivity index (χ0n) is 13.6. The third kappa shape index (κ3) is 4.09. The Morgan fingerprint density at radius 3 is 2.68 bits per heavy atom. The average molecular weight is 375 g/mol. The predicted molar refractivity (Wildman–Crippen MR) is 99.9 cm³/mol. The summed E-state index contributed by atoms with van der Waals surface area (Å²) in [6.45, 7) is 2.14. The molecule has 0 bridgehead atoms. The van der Waals surface area contributed by atoms with Gasteiger partial charge in [0.25, 0.3) is 0 Å². The number of rotatable bonds is 5. The molecule has 3 aromatic rings. The van der Waals surface area contributed by atoms with Crippen LogP contribution in [0.2, 0.25) is 10.0 Å². The molecule has 0 aliphatic heterocycles. The molecule has 0 amide bonds. The SMILES string of the molecule is CCOC(=O)CCc1nc(-c2ccccc2Cl)c2cc(Cl)ccc2n1. The first-order valence-electron chi connectivity index (χ1n) is 7.95. The Bertz CT molecular complexity index is 928. The number of aryl methyl sites for hydroxylation is 1. The van der Waals surface area contributed by atoms with Gasteiger partial charge >= 0.3 is 5.97 Å². The van der Waals surface area contributed by atoms with Gasteiger partial charge in [0.15, 0.2) is 0 Å². The Kier molecular flexibility index (Phi) is 5.51. The molecule has 0 aliphatic carbocycles. The summed E-state index contributed by atoms with van der Waals surface area (Å²) < 4.78 is 4.97. The maximum Gasteiger partial charge on any atom is 0.306 e. The van der Waals surface area contributed by atoms with Gasteiger partial charge in [-0.2, -0.15) is 0 Å². The van der Waals surface area contributed by atoms with Crippen molar-refractivity contribution >= 4 is 40.1 Å². The van der Waals surface area contributed by atoms with Gasteiger partial charge in [0.1, 0.15) is 5.82 Å². The van der Waals surface area contributed by atoms with Gasteiger partial charge in [-0.25, -0.2) is 9.97 Å². The molecular weight excluding hydrogens is 359 g/mol. The number of halogens is 2. The lowest BCUT2D eigenvalue weighted by Crippen LogP contribution is -2.07. The summed E-state index contributed by atoms with van der Waals surface area (Å²) in [5.41, 5.74) is 2.27. The summed E-state index contributed by atoms with van der Waals surface area (Å²) in [6.07, 6.45) is 0.629. The maximum atomic E-state index is 11.6. The molecule has 0 aliphatic rings. The van der Waals surface area contributed by atoms with Gasteiger partial charge in [0.05, 0.1) is 24.2 Å². The number of esters is 1. The van der Waals surface area contributed by atoms with E-state index in [1.54, 1.807) is 13.0 Å². The molecule has 4 nitrogen and oxygen atoms in total. The number of benzene rings is 2. The lowest BCUT2D eigenvalue weighted by molar-refractivity contribution is -0.143. The first kappa shape index (κ1) is 17.6. The van der Waals surface area contributed by atoms with Crippen LogP contribution in [-0.4, -0.2) is 22.5 Å². The van der Waals surface area contributed by atoms with Crippen LogP contribution >= 0.6 is 23.2 Å². The van der Waals surface area contributed by atoms with Gasteiger partial charge in [0.2, 0.25) is 0 Å². The molecule has 25 heavy (non-hydrogen) atoms. The standard InChI is InChI=1S/C19H16Cl2N2O2/c1-2-25-18(24)10-9-17-22-16-8-7-12(20)11-14(16)19(23-17)13-5-3-4-6-15(13)21/h3-8,11H,2,9-10H2,1H3. The van der Waals surface area contributed by atoms with E-state index in [-0.39, 0.29) is 12.4 Å². The number of fused-ring (bicyclic) bond motifs is 1. The normalized spacial score (nSPS) is 10.8. The minimum atomic E-state index is -0.262. The molecule has 0 spiro atoms. The summed E-state index contributed by atoms with van der Waals surface area (Å²) in [5, 5.41) is 2.02. The second-order valence-corrected chi connectivity index (χ2v) is 6.28. The second-order valence-electron chi connectivity index (χ2n) is 5.43. The van der Waals surface area contributed by atoms with E-state index < -0.39 is 0 Å². The molecule has 0 N–H and O–H groups in total. The maximum absolute atomic E-state index is 11.6. The number of hydrogen-bond donors (Lipinski definition) is 0. The van der Waals surface area contributed by atoms with Gasteiger partial charge in [-0.15, -0.1) is 0 Å². The van der Waals surface area contributed by atoms with E-state index in [0.29, 0.717) is 34.6 Å². The van der Waals surface area contributed by atoms with Gasteiger partial charge in [-0.05, 0) is 31.2 Å². The monoisotopic (exact) mass is 374 g/mol. The van der Waals surface area contributed by atoms with E-state index in [1.807, 2.05) is 36.4 Å². The number of hydrogen-bond acceptors (Lipinski definition) is 4. The fraction of sp³-hybridized carbons (Fsp3) is 0.211.